The normalized spacial score (nSPS) is 11.4. The molecule has 33 heavy (non-hydrogen) atoms. The first-order valence-corrected chi connectivity index (χ1v) is 10.2. The first-order chi connectivity index (χ1) is 15.6. The summed E-state index contributed by atoms with van der Waals surface area (Å²) in [5.41, 5.74) is 0.0923. The molecule has 0 aliphatic heterocycles. The third-order valence-corrected chi connectivity index (χ3v) is 5.28. The molecule has 1 heterocycles. The largest absolute Gasteiger partial charge is 0.506 e. The van der Waals surface area contributed by atoms with E-state index in [1.54, 1.807) is 24.3 Å². The Balaban J connectivity index is 1.69. The van der Waals surface area contributed by atoms with Gasteiger partial charge in [-0.15, -0.1) is 0 Å². The number of carbonyl (C=O) groups is 1. The summed E-state index contributed by atoms with van der Waals surface area (Å²) in [6.07, 6.45) is -4.65. The van der Waals surface area contributed by atoms with Gasteiger partial charge in [0.25, 0.3) is 5.91 Å². The van der Waals surface area contributed by atoms with Crippen LogP contribution in [0.1, 0.15) is 16.1 Å². The van der Waals surface area contributed by atoms with Crippen molar-refractivity contribution in [1.29, 1.82) is 0 Å². The van der Waals surface area contributed by atoms with E-state index in [-0.39, 0.29) is 33.4 Å². The number of phenols is 1. The highest BCUT2D eigenvalue weighted by Gasteiger charge is 2.35. The van der Waals surface area contributed by atoms with Gasteiger partial charge in [-0.2, -0.15) is 18.3 Å². The van der Waals surface area contributed by atoms with Gasteiger partial charge in [-0.3, -0.25) is 4.79 Å². The van der Waals surface area contributed by atoms with Crippen molar-refractivity contribution in [3.05, 3.63) is 94.1 Å². The van der Waals surface area contributed by atoms with Gasteiger partial charge in [0.15, 0.2) is 5.69 Å². The number of amides is 1. The van der Waals surface area contributed by atoms with Crippen LogP contribution in [0.3, 0.4) is 0 Å². The number of alkyl halides is 3. The lowest BCUT2D eigenvalue weighted by atomic mass is 10.1. The van der Waals surface area contributed by atoms with Crippen molar-refractivity contribution < 1.29 is 23.1 Å². The molecular formula is C23H14Cl2F3N3O2. The third kappa shape index (κ3) is 4.81. The topological polar surface area (TPSA) is 67.2 Å². The van der Waals surface area contributed by atoms with Gasteiger partial charge in [0.2, 0.25) is 0 Å². The Labute approximate surface area is 196 Å². The van der Waals surface area contributed by atoms with Crippen LogP contribution in [-0.2, 0) is 6.18 Å². The standard InChI is InChI=1S/C23H14Cl2F3N3O2/c24-15-9-10-20(32)17(11-15)29-22(33)14-7-5-13(6-8-14)19-12-21(23(26,27)28)30-31(19)18-4-2-1-3-16(18)25/h1-12,32H,(H,29,33). The molecule has 0 bridgehead atoms. The maximum absolute atomic E-state index is 13.4. The van der Waals surface area contributed by atoms with Crippen molar-refractivity contribution in [3.8, 4) is 22.7 Å². The lowest BCUT2D eigenvalue weighted by Gasteiger charge is -2.11. The number of rotatable bonds is 4. The summed E-state index contributed by atoms with van der Waals surface area (Å²) < 4.78 is 41.2. The molecule has 0 fully saturated rings. The predicted octanol–water partition coefficient (Wildman–Crippen LogP) is 6.82. The van der Waals surface area contributed by atoms with Crippen LogP contribution in [0.15, 0.2) is 72.8 Å². The minimum Gasteiger partial charge on any atom is -0.506 e. The summed E-state index contributed by atoms with van der Waals surface area (Å²) in [6.45, 7) is 0. The Morgan fingerprint density at radius 1 is 0.970 bits per heavy atom. The Kier molecular flexibility index (Phi) is 6.05. The molecule has 4 rings (SSSR count). The molecule has 0 aliphatic rings. The van der Waals surface area contributed by atoms with Crippen LogP contribution in [-0.4, -0.2) is 20.8 Å². The van der Waals surface area contributed by atoms with E-state index in [1.165, 1.54) is 42.5 Å². The number of nitrogens with one attached hydrogen (secondary N) is 1. The van der Waals surface area contributed by atoms with Gasteiger partial charge in [0, 0.05) is 16.1 Å². The molecule has 3 aromatic carbocycles. The second-order valence-electron chi connectivity index (χ2n) is 6.97. The fraction of sp³-hybridized carbons (Fsp3) is 0.0435. The quantitative estimate of drug-likeness (QED) is 0.307. The Hall–Kier alpha value is -3.49. The SMILES string of the molecule is O=C(Nc1cc(Cl)ccc1O)c1ccc(-c2cc(C(F)(F)F)nn2-c2ccccc2Cl)cc1. The molecule has 0 aliphatic carbocycles. The number of benzene rings is 3. The molecule has 1 amide bonds. The molecule has 0 radical (unpaired) electrons. The molecule has 0 saturated heterocycles. The van der Waals surface area contributed by atoms with Crippen LogP contribution in [0.2, 0.25) is 10.0 Å². The number of aromatic nitrogens is 2. The first kappa shape index (κ1) is 22.7. The van der Waals surface area contributed by atoms with E-state index in [2.05, 4.69) is 10.4 Å². The Bertz CT molecular complexity index is 1340. The number of phenolic OH excluding ortho intramolecular Hbond substituents is 1. The van der Waals surface area contributed by atoms with Crippen LogP contribution in [0.4, 0.5) is 18.9 Å². The maximum atomic E-state index is 13.4. The van der Waals surface area contributed by atoms with Crippen molar-refractivity contribution in [3.63, 3.8) is 0 Å². The highest BCUT2D eigenvalue weighted by atomic mass is 35.5. The van der Waals surface area contributed by atoms with Crippen LogP contribution >= 0.6 is 23.2 Å². The second kappa shape index (κ2) is 8.80. The number of carbonyl (C=O) groups excluding carboxylic acids is 1. The van der Waals surface area contributed by atoms with E-state index in [4.69, 9.17) is 23.2 Å². The summed E-state index contributed by atoms with van der Waals surface area (Å²) in [6, 6.07) is 17.4. The van der Waals surface area contributed by atoms with Crippen molar-refractivity contribution >= 4 is 34.8 Å². The van der Waals surface area contributed by atoms with Crippen LogP contribution in [0.25, 0.3) is 16.9 Å². The van der Waals surface area contributed by atoms with Crippen molar-refractivity contribution in [1.82, 2.24) is 9.78 Å². The van der Waals surface area contributed by atoms with E-state index in [0.717, 1.165) is 10.7 Å². The number of para-hydroxylation sites is 1. The molecule has 0 saturated carbocycles. The molecule has 2 N–H and O–H groups in total. The second-order valence-corrected chi connectivity index (χ2v) is 7.81. The molecule has 1 aromatic heterocycles. The number of halogens is 5. The van der Waals surface area contributed by atoms with Crippen molar-refractivity contribution in [2.45, 2.75) is 6.18 Å². The molecular weight excluding hydrogens is 478 g/mol. The van der Waals surface area contributed by atoms with E-state index in [0.29, 0.717) is 10.6 Å². The molecule has 10 heteroatoms. The van der Waals surface area contributed by atoms with Crippen molar-refractivity contribution in [2.75, 3.05) is 5.32 Å². The smallest absolute Gasteiger partial charge is 0.435 e. The number of nitrogens with zero attached hydrogens (tertiary/aromatic N) is 2. The lowest BCUT2D eigenvalue weighted by molar-refractivity contribution is -0.141. The highest BCUT2D eigenvalue weighted by Crippen LogP contribution is 2.35. The molecule has 5 nitrogen and oxygen atoms in total. The minimum absolute atomic E-state index is 0.128. The van der Waals surface area contributed by atoms with Gasteiger partial charge in [-0.1, -0.05) is 47.5 Å². The average Bonchev–Trinajstić information content (AvgIpc) is 3.22. The first-order valence-electron chi connectivity index (χ1n) is 9.46. The van der Waals surface area contributed by atoms with Gasteiger partial charge < -0.3 is 10.4 Å². The molecule has 0 atom stereocenters. The fourth-order valence-electron chi connectivity index (χ4n) is 3.13. The summed E-state index contributed by atoms with van der Waals surface area (Å²) in [5.74, 6) is -0.692. The zero-order valence-corrected chi connectivity index (χ0v) is 18.1. The maximum Gasteiger partial charge on any atom is 0.435 e. The average molecular weight is 492 g/mol. The summed E-state index contributed by atoms with van der Waals surface area (Å²) in [4.78, 5) is 12.5. The number of hydrogen-bond donors (Lipinski definition) is 2. The Morgan fingerprint density at radius 2 is 1.67 bits per heavy atom. The van der Waals surface area contributed by atoms with Gasteiger partial charge in [0.05, 0.1) is 22.1 Å². The van der Waals surface area contributed by atoms with Crippen LogP contribution in [0.5, 0.6) is 5.75 Å². The monoisotopic (exact) mass is 491 g/mol. The van der Waals surface area contributed by atoms with Crippen LogP contribution in [0, 0.1) is 0 Å². The summed E-state index contributed by atoms with van der Waals surface area (Å²) in [5, 5.41) is 16.7. The minimum atomic E-state index is -4.65. The van der Waals surface area contributed by atoms with Gasteiger partial charge in [-0.25, -0.2) is 4.68 Å². The lowest BCUT2D eigenvalue weighted by Crippen LogP contribution is -2.12. The van der Waals surface area contributed by atoms with Crippen LogP contribution < -0.4 is 5.32 Å². The fourth-order valence-corrected chi connectivity index (χ4v) is 3.52. The molecule has 0 spiro atoms. The number of anilines is 1. The van der Waals surface area contributed by atoms with E-state index < -0.39 is 17.8 Å². The highest BCUT2D eigenvalue weighted by molar-refractivity contribution is 6.32. The molecule has 0 unspecified atom stereocenters. The summed E-state index contributed by atoms with van der Waals surface area (Å²) >= 11 is 12.1. The Morgan fingerprint density at radius 3 is 2.33 bits per heavy atom. The zero-order chi connectivity index (χ0) is 23.8. The van der Waals surface area contributed by atoms with E-state index in [1.807, 2.05) is 0 Å². The van der Waals surface area contributed by atoms with Crippen molar-refractivity contribution in [2.24, 2.45) is 0 Å². The van der Waals surface area contributed by atoms with Gasteiger partial charge in [-0.05, 0) is 48.5 Å². The number of aromatic hydroxyl groups is 1. The predicted molar refractivity (Wildman–Crippen MR) is 120 cm³/mol. The number of hydrogen-bond acceptors (Lipinski definition) is 3. The van der Waals surface area contributed by atoms with E-state index in [9.17, 15) is 23.1 Å². The van der Waals surface area contributed by atoms with Gasteiger partial charge in [0.1, 0.15) is 5.75 Å². The van der Waals surface area contributed by atoms with E-state index >= 15 is 0 Å². The summed E-state index contributed by atoms with van der Waals surface area (Å²) in [7, 11) is 0. The zero-order valence-electron chi connectivity index (χ0n) is 16.6. The van der Waals surface area contributed by atoms with Gasteiger partial charge >= 0.3 is 6.18 Å². The molecule has 4 aromatic rings. The molecule has 168 valence electrons. The third-order valence-electron chi connectivity index (χ3n) is 4.73.